The normalized spacial score (nSPS) is 10.8. The van der Waals surface area contributed by atoms with Crippen LogP contribution in [0.5, 0.6) is 0 Å². The highest BCUT2D eigenvalue weighted by Crippen LogP contribution is 2.15. The van der Waals surface area contributed by atoms with Crippen molar-refractivity contribution in [3.63, 3.8) is 0 Å². The fraction of sp³-hybridized carbons (Fsp3) is 0.308. The Hall–Kier alpha value is -1.45. The smallest absolute Gasteiger partial charge is 0.0705 e. The zero-order valence-electron chi connectivity index (χ0n) is 9.32. The SMILES string of the molecule is NCCCNCc1ccnc2ccccc12. The van der Waals surface area contributed by atoms with Gasteiger partial charge >= 0.3 is 0 Å². The molecule has 0 aliphatic carbocycles. The summed E-state index contributed by atoms with van der Waals surface area (Å²) in [5.41, 5.74) is 7.80. The molecular weight excluding hydrogens is 198 g/mol. The number of nitrogens with zero attached hydrogens (tertiary/aromatic N) is 1. The lowest BCUT2D eigenvalue weighted by Crippen LogP contribution is -2.17. The summed E-state index contributed by atoms with van der Waals surface area (Å²) in [6.45, 7) is 2.58. The minimum absolute atomic E-state index is 0.740. The highest BCUT2D eigenvalue weighted by Gasteiger charge is 1.99. The van der Waals surface area contributed by atoms with Gasteiger partial charge in [0.1, 0.15) is 0 Å². The predicted octanol–water partition coefficient (Wildman–Crippen LogP) is 1.67. The van der Waals surface area contributed by atoms with Crippen LogP contribution in [0.4, 0.5) is 0 Å². The third-order valence-corrected chi connectivity index (χ3v) is 2.61. The van der Waals surface area contributed by atoms with Crippen LogP contribution in [0.15, 0.2) is 36.5 Å². The molecule has 3 nitrogen and oxygen atoms in total. The van der Waals surface area contributed by atoms with Gasteiger partial charge in [-0.1, -0.05) is 18.2 Å². The molecule has 0 spiro atoms. The quantitative estimate of drug-likeness (QED) is 0.746. The van der Waals surface area contributed by atoms with E-state index in [-0.39, 0.29) is 0 Å². The molecule has 3 heteroatoms. The third-order valence-electron chi connectivity index (χ3n) is 2.61. The van der Waals surface area contributed by atoms with Crippen LogP contribution in [0.3, 0.4) is 0 Å². The highest BCUT2D eigenvalue weighted by atomic mass is 14.8. The van der Waals surface area contributed by atoms with Gasteiger partial charge in [0.25, 0.3) is 0 Å². The Bertz CT molecular complexity index is 448. The molecule has 0 radical (unpaired) electrons. The van der Waals surface area contributed by atoms with Crippen molar-refractivity contribution in [2.24, 2.45) is 5.73 Å². The summed E-state index contributed by atoms with van der Waals surface area (Å²) in [5.74, 6) is 0. The molecule has 2 rings (SSSR count). The Morgan fingerprint density at radius 3 is 2.94 bits per heavy atom. The van der Waals surface area contributed by atoms with Crippen molar-refractivity contribution in [3.8, 4) is 0 Å². The van der Waals surface area contributed by atoms with Gasteiger partial charge in [-0.15, -0.1) is 0 Å². The molecule has 0 bridgehead atoms. The summed E-state index contributed by atoms with van der Waals surface area (Å²) in [6, 6.07) is 10.3. The van der Waals surface area contributed by atoms with Gasteiger partial charge in [-0.2, -0.15) is 0 Å². The lowest BCUT2D eigenvalue weighted by atomic mass is 10.1. The molecular formula is C13H17N3. The summed E-state index contributed by atoms with van der Waals surface area (Å²) in [4.78, 5) is 4.34. The summed E-state index contributed by atoms with van der Waals surface area (Å²) in [5, 5.41) is 4.61. The van der Waals surface area contributed by atoms with Crippen molar-refractivity contribution in [1.82, 2.24) is 10.3 Å². The molecule has 1 aromatic heterocycles. The van der Waals surface area contributed by atoms with Crippen molar-refractivity contribution in [2.75, 3.05) is 13.1 Å². The number of hydrogen-bond acceptors (Lipinski definition) is 3. The van der Waals surface area contributed by atoms with Gasteiger partial charge in [0, 0.05) is 18.1 Å². The molecule has 16 heavy (non-hydrogen) atoms. The van der Waals surface area contributed by atoms with Crippen molar-refractivity contribution < 1.29 is 0 Å². The maximum atomic E-state index is 5.45. The predicted molar refractivity (Wildman–Crippen MR) is 67.1 cm³/mol. The Balaban J connectivity index is 2.11. The van der Waals surface area contributed by atoms with Crippen LogP contribution in [0.2, 0.25) is 0 Å². The van der Waals surface area contributed by atoms with E-state index in [0.717, 1.165) is 31.6 Å². The number of aromatic nitrogens is 1. The third kappa shape index (κ3) is 2.56. The average molecular weight is 215 g/mol. The number of benzene rings is 1. The van der Waals surface area contributed by atoms with E-state index in [4.69, 9.17) is 5.73 Å². The molecule has 0 aliphatic rings. The van der Waals surface area contributed by atoms with E-state index in [2.05, 4.69) is 22.4 Å². The van der Waals surface area contributed by atoms with Crippen LogP contribution in [0.1, 0.15) is 12.0 Å². The Kier molecular flexibility index (Phi) is 3.86. The van der Waals surface area contributed by atoms with Gasteiger partial charge in [-0.05, 0) is 37.2 Å². The Morgan fingerprint density at radius 2 is 2.06 bits per heavy atom. The second-order valence-electron chi connectivity index (χ2n) is 3.81. The monoisotopic (exact) mass is 215 g/mol. The van der Waals surface area contributed by atoms with Crippen LogP contribution in [-0.2, 0) is 6.54 Å². The molecule has 2 aromatic rings. The van der Waals surface area contributed by atoms with E-state index >= 15 is 0 Å². The fourth-order valence-electron chi connectivity index (χ4n) is 1.76. The van der Waals surface area contributed by atoms with Gasteiger partial charge in [-0.25, -0.2) is 0 Å². The van der Waals surface area contributed by atoms with Crippen LogP contribution in [-0.4, -0.2) is 18.1 Å². The van der Waals surface area contributed by atoms with E-state index in [1.54, 1.807) is 0 Å². The molecule has 84 valence electrons. The number of pyridine rings is 1. The minimum Gasteiger partial charge on any atom is -0.330 e. The molecule has 0 atom stereocenters. The molecule has 0 fully saturated rings. The maximum Gasteiger partial charge on any atom is 0.0705 e. The second kappa shape index (κ2) is 5.58. The second-order valence-corrected chi connectivity index (χ2v) is 3.81. The largest absolute Gasteiger partial charge is 0.330 e. The van der Waals surface area contributed by atoms with Crippen LogP contribution >= 0.6 is 0 Å². The van der Waals surface area contributed by atoms with Gasteiger partial charge in [0.2, 0.25) is 0 Å². The summed E-state index contributed by atoms with van der Waals surface area (Å²) >= 11 is 0. The number of hydrogen-bond donors (Lipinski definition) is 2. The lowest BCUT2D eigenvalue weighted by Gasteiger charge is -2.07. The number of fused-ring (bicyclic) bond motifs is 1. The molecule has 1 heterocycles. The van der Waals surface area contributed by atoms with Gasteiger partial charge in [0.05, 0.1) is 5.52 Å². The van der Waals surface area contributed by atoms with Crippen LogP contribution < -0.4 is 11.1 Å². The average Bonchev–Trinajstić information content (AvgIpc) is 2.35. The molecule has 1 aromatic carbocycles. The fourth-order valence-corrected chi connectivity index (χ4v) is 1.76. The first-order chi connectivity index (χ1) is 7.92. The lowest BCUT2D eigenvalue weighted by molar-refractivity contribution is 0.657. The molecule has 0 aliphatic heterocycles. The topological polar surface area (TPSA) is 50.9 Å². The van der Waals surface area contributed by atoms with Gasteiger partial charge in [0.15, 0.2) is 0 Å². The molecule has 0 unspecified atom stereocenters. The van der Waals surface area contributed by atoms with E-state index in [1.807, 2.05) is 24.4 Å². The Labute approximate surface area is 95.7 Å². The van der Waals surface area contributed by atoms with E-state index in [9.17, 15) is 0 Å². The van der Waals surface area contributed by atoms with E-state index in [0.29, 0.717) is 0 Å². The molecule has 3 N–H and O–H groups in total. The first-order valence-corrected chi connectivity index (χ1v) is 5.65. The van der Waals surface area contributed by atoms with Crippen molar-refractivity contribution in [3.05, 3.63) is 42.1 Å². The molecule has 0 amide bonds. The summed E-state index contributed by atoms with van der Waals surface area (Å²) < 4.78 is 0. The standard InChI is InChI=1S/C13H17N3/c14-7-3-8-15-10-11-6-9-16-13-5-2-1-4-12(11)13/h1-2,4-6,9,15H,3,7-8,10,14H2. The zero-order chi connectivity index (χ0) is 11.2. The first kappa shape index (κ1) is 11.0. The number of nitrogens with one attached hydrogen (secondary N) is 1. The number of rotatable bonds is 5. The highest BCUT2D eigenvalue weighted by molar-refractivity contribution is 5.81. The minimum atomic E-state index is 0.740. The van der Waals surface area contributed by atoms with Gasteiger partial charge < -0.3 is 11.1 Å². The number of para-hydroxylation sites is 1. The first-order valence-electron chi connectivity index (χ1n) is 5.65. The summed E-state index contributed by atoms with van der Waals surface area (Å²) in [7, 11) is 0. The van der Waals surface area contributed by atoms with Crippen molar-refractivity contribution in [1.29, 1.82) is 0 Å². The maximum absolute atomic E-state index is 5.45. The van der Waals surface area contributed by atoms with Gasteiger partial charge in [-0.3, -0.25) is 4.98 Å². The molecule has 0 saturated heterocycles. The zero-order valence-corrected chi connectivity index (χ0v) is 9.32. The van der Waals surface area contributed by atoms with Crippen molar-refractivity contribution in [2.45, 2.75) is 13.0 Å². The van der Waals surface area contributed by atoms with Crippen molar-refractivity contribution >= 4 is 10.9 Å². The van der Waals surface area contributed by atoms with E-state index in [1.165, 1.54) is 10.9 Å². The van der Waals surface area contributed by atoms with Crippen LogP contribution in [0.25, 0.3) is 10.9 Å². The Morgan fingerprint density at radius 1 is 1.19 bits per heavy atom. The van der Waals surface area contributed by atoms with E-state index < -0.39 is 0 Å². The van der Waals surface area contributed by atoms with Crippen LogP contribution in [0, 0.1) is 0 Å². The number of nitrogens with two attached hydrogens (primary N) is 1. The summed E-state index contributed by atoms with van der Waals surface area (Å²) in [6.07, 6.45) is 2.88. The molecule has 0 saturated carbocycles.